The van der Waals surface area contributed by atoms with Gasteiger partial charge in [0.25, 0.3) is 0 Å². The minimum atomic E-state index is -0.231. The summed E-state index contributed by atoms with van der Waals surface area (Å²) < 4.78 is 0. The van der Waals surface area contributed by atoms with Gasteiger partial charge in [-0.05, 0) is 25.0 Å². The van der Waals surface area contributed by atoms with E-state index in [1.807, 2.05) is 30.3 Å². The van der Waals surface area contributed by atoms with E-state index in [9.17, 15) is 5.11 Å². The quantitative estimate of drug-likeness (QED) is 0.335. The first-order valence-electron chi connectivity index (χ1n) is 6.99. The van der Waals surface area contributed by atoms with Gasteiger partial charge in [0.05, 0.1) is 11.6 Å². The predicted molar refractivity (Wildman–Crippen MR) is 81.7 cm³/mol. The third-order valence-electron chi connectivity index (χ3n) is 3.87. The number of pyridine rings is 1. The number of aliphatic hydroxyl groups is 1. The first-order valence-corrected chi connectivity index (χ1v) is 6.99. The number of aromatic nitrogens is 1. The van der Waals surface area contributed by atoms with E-state index in [1.54, 1.807) is 0 Å². The Morgan fingerprint density at radius 1 is 1.29 bits per heavy atom. The zero-order valence-electron chi connectivity index (χ0n) is 11.6. The van der Waals surface area contributed by atoms with Crippen LogP contribution in [0.3, 0.4) is 0 Å². The van der Waals surface area contributed by atoms with Gasteiger partial charge in [-0.3, -0.25) is 0 Å². The Balaban J connectivity index is 2.08. The molecule has 1 aromatic heterocycles. The number of hydrogen-bond acceptors (Lipinski definition) is 5. The van der Waals surface area contributed by atoms with Crippen LogP contribution in [0.4, 0.5) is 5.82 Å². The smallest absolute Gasteiger partial charge is 0.170 e. The molecule has 1 aromatic carbocycles. The highest BCUT2D eigenvalue weighted by molar-refractivity contribution is 6.08. The first-order chi connectivity index (χ1) is 10.2. The van der Waals surface area contributed by atoms with Gasteiger partial charge in [-0.2, -0.15) is 0 Å². The molecule has 1 fully saturated rings. The highest BCUT2D eigenvalue weighted by atomic mass is 16.4. The predicted octanol–water partition coefficient (Wildman–Crippen LogP) is 1.29. The number of hydrogen-bond donors (Lipinski definition) is 3. The molecule has 3 rings (SSSR count). The van der Waals surface area contributed by atoms with Gasteiger partial charge in [0.1, 0.15) is 5.82 Å². The summed E-state index contributed by atoms with van der Waals surface area (Å²) in [5.74, 6) is 0.870. The van der Waals surface area contributed by atoms with Gasteiger partial charge in [-0.1, -0.05) is 23.4 Å². The van der Waals surface area contributed by atoms with Crippen molar-refractivity contribution in [1.82, 2.24) is 4.98 Å². The summed E-state index contributed by atoms with van der Waals surface area (Å²) in [6, 6.07) is 9.46. The normalized spacial score (nSPS) is 17.4. The van der Waals surface area contributed by atoms with Crippen LogP contribution in [0.15, 0.2) is 35.5 Å². The monoisotopic (exact) mass is 286 g/mol. The van der Waals surface area contributed by atoms with Gasteiger partial charge in [-0.25, -0.2) is 4.98 Å². The van der Waals surface area contributed by atoms with Crippen LogP contribution in [0.25, 0.3) is 10.9 Å². The van der Waals surface area contributed by atoms with Crippen molar-refractivity contribution in [3.05, 3.63) is 35.9 Å². The second-order valence-electron chi connectivity index (χ2n) is 5.25. The van der Waals surface area contributed by atoms with Crippen LogP contribution in [-0.2, 0) is 0 Å². The molecule has 4 N–H and O–H groups in total. The average Bonchev–Trinajstić information content (AvgIpc) is 2.53. The van der Waals surface area contributed by atoms with Crippen molar-refractivity contribution in [2.75, 3.05) is 18.0 Å². The molecule has 0 atom stereocenters. The van der Waals surface area contributed by atoms with Crippen molar-refractivity contribution in [2.24, 2.45) is 10.9 Å². The highest BCUT2D eigenvalue weighted by Crippen LogP contribution is 2.25. The zero-order chi connectivity index (χ0) is 14.8. The molecule has 2 aromatic rings. The summed E-state index contributed by atoms with van der Waals surface area (Å²) in [6.45, 7) is 1.50. The number of fused-ring (bicyclic) bond motifs is 1. The summed E-state index contributed by atoms with van der Waals surface area (Å²) in [5.41, 5.74) is 7.27. The van der Waals surface area contributed by atoms with Crippen molar-refractivity contribution < 1.29 is 10.3 Å². The van der Waals surface area contributed by atoms with Crippen molar-refractivity contribution in [3.8, 4) is 0 Å². The number of rotatable bonds is 2. The number of aliphatic hydroxyl groups excluding tert-OH is 1. The van der Waals surface area contributed by atoms with E-state index in [-0.39, 0.29) is 11.9 Å². The van der Waals surface area contributed by atoms with Crippen LogP contribution >= 0.6 is 0 Å². The summed E-state index contributed by atoms with van der Waals surface area (Å²) in [7, 11) is 0. The number of anilines is 1. The SMILES string of the molecule is NC(=NO)c1cc(N2CCC(O)CC2)nc2ccccc12. The van der Waals surface area contributed by atoms with E-state index in [2.05, 4.69) is 15.0 Å². The maximum Gasteiger partial charge on any atom is 0.170 e. The molecule has 1 saturated heterocycles. The molecule has 110 valence electrons. The third kappa shape index (κ3) is 2.62. The lowest BCUT2D eigenvalue weighted by atomic mass is 10.1. The first kappa shape index (κ1) is 13.6. The molecule has 0 spiro atoms. The number of nitrogens with two attached hydrogens (primary N) is 1. The van der Waals surface area contributed by atoms with Crippen molar-refractivity contribution in [3.63, 3.8) is 0 Å². The molecule has 6 nitrogen and oxygen atoms in total. The van der Waals surface area contributed by atoms with Gasteiger partial charge in [-0.15, -0.1) is 0 Å². The van der Waals surface area contributed by atoms with E-state index in [4.69, 9.17) is 10.9 Å². The number of oxime groups is 1. The Kier molecular flexibility index (Phi) is 3.62. The topological polar surface area (TPSA) is 95.0 Å². The molecule has 21 heavy (non-hydrogen) atoms. The van der Waals surface area contributed by atoms with Crippen LogP contribution in [-0.4, -0.2) is 40.3 Å². The Bertz CT molecular complexity index is 678. The van der Waals surface area contributed by atoms with Crippen LogP contribution < -0.4 is 10.6 Å². The lowest BCUT2D eigenvalue weighted by molar-refractivity contribution is 0.145. The summed E-state index contributed by atoms with van der Waals surface area (Å²) >= 11 is 0. The van der Waals surface area contributed by atoms with Crippen LogP contribution in [0.2, 0.25) is 0 Å². The number of nitrogens with zero attached hydrogens (tertiary/aromatic N) is 3. The molecule has 0 bridgehead atoms. The highest BCUT2D eigenvalue weighted by Gasteiger charge is 2.20. The molecule has 2 heterocycles. The number of benzene rings is 1. The minimum absolute atomic E-state index is 0.0758. The number of amidine groups is 1. The molecule has 6 heteroatoms. The maximum absolute atomic E-state index is 9.61. The minimum Gasteiger partial charge on any atom is -0.409 e. The third-order valence-corrected chi connectivity index (χ3v) is 3.87. The van der Waals surface area contributed by atoms with Gasteiger partial charge >= 0.3 is 0 Å². The Morgan fingerprint density at radius 3 is 2.71 bits per heavy atom. The lowest BCUT2D eigenvalue weighted by Gasteiger charge is -2.31. The molecule has 1 aliphatic rings. The summed E-state index contributed by atoms with van der Waals surface area (Å²) in [5, 5.41) is 22.6. The summed E-state index contributed by atoms with van der Waals surface area (Å²) in [6.07, 6.45) is 1.23. The van der Waals surface area contributed by atoms with Crippen LogP contribution in [0.1, 0.15) is 18.4 Å². The van der Waals surface area contributed by atoms with E-state index >= 15 is 0 Å². The molecule has 1 aliphatic heterocycles. The lowest BCUT2D eigenvalue weighted by Crippen LogP contribution is -2.36. The molecule has 0 radical (unpaired) electrons. The molecule has 0 unspecified atom stereocenters. The Labute approximate surface area is 122 Å². The Morgan fingerprint density at radius 2 is 2.00 bits per heavy atom. The second-order valence-corrected chi connectivity index (χ2v) is 5.25. The number of piperidine rings is 1. The molecule has 0 amide bonds. The van der Waals surface area contributed by atoms with E-state index in [0.29, 0.717) is 5.56 Å². The van der Waals surface area contributed by atoms with Gasteiger partial charge in [0, 0.05) is 24.0 Å². The fraction of sp³-hybridized carbons (Fsp3) is 0.333. The van der Waals surface area contributed by atoms with Crippen molar-refractivity contribution in [1.29, 1.82) is 0 Å². The fourth-order valence-corrected chi connectivity index (χ4v) is 2.68. The van der Waals surface area contributed by atoms with E-state index in [1.165, 1.54) is 0 Å². The van der Waals surface area contributed by atoms with Gasteiger partial charge in [0.15, 0.2) is 5.84 Å². The fourth-order valence-electron chi connectivity index (χ4n) is 2.68. The van der Waals surface area contributed by atoms with Crippen molar-refractivity contribution >= 4 is 22.6 Å². The molecule has 0 saturated carbocycles. The standard InChI is InChI=1S/C15H18N4O2/c16-15(18-21)12-9-14(19-7-5-10(20)6-8-19)17-13-4-2-1-3-11(12)13/h1-4,9-10,20-21H,5-8H2,(H2,16,18). The second kappa shape index (κ2) is 5.57. The van der Waals surface area contributed by atoms with Crippen LogP contribution in [0, 0.1) is 0 Å². The van der Waals surface area contributed by atoms with Gasteiger partial charge in [0.2, 0.25) is 0 Å². The van der Waals surface area contributed by atoms with Gasteiger partial charge < -0.3 is 20.9 Å². The average molecular weight is 286 g/mol. The summed E-state index contributed by atoms with van der Waals surface area (Å²) in [4.78, 5) is 6.77. The largest absolute Gasteiger partial charge is 0.409 e. The van der Waals surface area contributed by atoms with Crippen LogP contribution in [0.5, 0.6) is 0 Å². The molecular formula is C15H18N4O2. The maximum atomic E-state index is 9.61. The number of para-hydroxylation sites is 1. The zero-order valence-corrected chi connectivity index (χ0v) is 11.6. The van der Waals surface area contributed by atoms with Crippen molar-refractivity contribution in [2.45, 2.75) is 18.9 Å². The molecule has 0 aliphatic carbocycles. The molecular weight excluding hydrogens is 268 g/mol. The Hall–Kier alpha value is -2.34. The van der Waals surface area contributed by atoms with E-state index in [0.717, 1.165) is 42.7 Å². The van der Waals surface area contributed by atoms with E-state index < -0.39 is 0 Å².